The number of carbonyl (C=O) groups excluding carboxylic acids is 1. The van der Waals surface area contributed by atoms with Gasteiger partial charge in [0.1, 0.15) is 0 Å². The zero-order valence-electron chi connectivity index (χ0n) is 11.7. The molecule has 1 fully saturated rings. The fraction of sp³-hybridized carbons (Fsp3) is 0.533. The molecule has 4 nitrogen and oxygen atoms in total. The van der Waals surface area contributed by atoms with E-state index in [1.165, 1.54) is 0 Å². The molecule has 1 saturated heterocycles. The van der Waals surface area contributed by atoms with Crippen LogP contribution >= 0.6 is 0 Å². The van der Waals surface area contributed by atoms with Gasteiger partial charge in [-0.3, -0.25) is 4.79 Å². The van der Waals surface area contributed by atoms with E-state index < -0.39 is 6.10 Å². The SMILES string of the molecule is CC(C)(C)c1ccccc1N1CCOC(CO)C1=O. The summed E-state index contributed by atoms with van der Waals surface area (Å²) in [5.74, 6) is -0.162. The summed E-state index contributed by atoms with van der Waals surface area (Å²) in [6.45, 7) is 7.09. The van der Waals surface area contributed by atoms with Gasteiger partial charge in [-0.25, -0.2) is 0 Å². The molecule has 1 unspecified atom stereocenters. The third-order valence-corrected chi connectivity index (χ3v) is 3.34. The summed E-state index contributed by atoms with van der Waals surface area (Å²) in [5, 5.41) is 9.18. The van der Waals surface area contributed by atoms with Crippen LogP contribution in [0.15, 0.2) is 24.3 Å². The average Bonchev–Trinajstić information content (AvgIpc) is 2.38. The first-order chi connectivity index (χ1) is 8.95. The average molecular weight is 263 g/mol. The molecule has 1 heterocycles. The Balaban J connectivity index is 2.39. The lowest BCUT2D eigenvalue weighted by Gasteiger charge is -2.35. The zero-order valence-corrected chi connectivity index (χ0v) is 11.7. The Labute approximate surface area is 114 Å². The number of aliphatic hydroxyl groups excluding tert-OH is 1. The third kappa shape index (κ3) is 2.80. The molecule has 0 bridgehead atoms. The van der Waals surface area contributed by atoms with Crippen LogP contribution in [0.4, 0.5) is 5.69 Å². The van der Waals surface area contributed by atoms with Crippen LogP contribution in [-0.4, -0.2) is 36.9 Å². The van der Waals surface area contributed by atoms with Crippen molar-refractivity contribution in [2.45, 2.75) is 32.3 Å². The van der Waals surface area contributed by atoms with Gasteiger partial charge in [-0.15, -0.1) is 0 Å². The van der Waals surface area contributed by atoms with E-state index in [2.05, 4.69) is 20.8 Å². The Bertz CT molecular complexity index is 465. The standard InChI is InChI=1S/C15H21NO3/c1-15(2,3)11-6-4-5-7-12(11)16-8-9-19-13(10-17)14(16)18/h4-7,13,17H,8-10H2,1-3H3. The molecule has 4 heteroatoms. The molecule has 1 aromatic rings. The monoisotopic (exact) mass is 263 g/mol. The first kappa shape index (κ1) is 14.0. The lowest BCUT2D eigenvalue weighted by molar-refractivity contribution is -0.136. The first-order valence-corrected chi connectivity index (χ1v) is 6.58. The quantitative estimate of drug-likeness (QED) is 0.883. The number of anilines is 1. The Morgan fingerprint density at radius 2 is 2.05 bits per heavy atom. The lowest BCUT2D eigenvalue weighted by atomic mass is 9.85. The van der Waals surface area contributed by atoms with Gasteiger partial charge in [0.15, 0.2) is 6.10 Å². The summed E-state index contributed by atoms with van der Waals surface area (Å²) < 4.78 is 5.28. The number of para-hydroxylation sites is 1. The van der Waals surface area contributed by atoms with Crippen molar-refractivity contribution in [1.82, 2.24) is 0 Å². The molecule has 0 spiro atoms. The van der Waals surface area contributed by atoms with Crippen LogP contribution in [0.1, 0.15) is 26.3 Å². The molecule has 2 rings (SSSR count). The molecule has 1 aromatic carbocycles. The number of benzene rings is 1. The van der Waals surface area contributed by atoms with Crippen molar-refractivity contribution in [2.24, 2.45) is 0 Å². The van der Waals surface area contributed by atoms with E-state index in [9.17, 15) is 9.90 Å². The van der Waals surface area contributed by atoms with Crippen LogP contribution in [0, 0.1) is 0 Å². The molecular formula is C15H21NO3. The molecule has 0 radical (unpaired) electrons. The van der Waals surface area contributed by atoms with E-state index in [0.29, 0.717) is 13.2 Å². The Morgan fingerprint density at radius 1 is 1.37 bits per heavy atom. The van der Waals surface area contributed by atoms with Gasteiger partial charge in [0.2, 0.25) is 0 Å². The molecule has 19 heavy (non-hydrogen) atoms. The van der Waals surface area contributed by atoms with Crippen LogP contribution < -0.4 is 4.90 Å². The number of ether oxygens (including phenoxy) is 1. The van der Waals surface area contributed by atoms with E-state index in [-0.39, 0.29) is 17.9 Å². The first-order valence-electron chi connectivity index (χ1n) is 6.58. The fourth-order valence-corrected chi connectivity index (χ4v) is 2.35. The van der Waals surface area contributed by atoms with Gasteiger partial charge in [0.05, 0.1) is 13.2 Å². The Hall–Kier alpha value is -1.39. The molecule has 1 N–H and O–H groups in total. The summed E-state index contributed by atoms with van der Waals surface area (Å²) in [7, 11) is 0. The van der Waals surface area contributed by atoms with Crippen molar-refractivity contribution >= 4 is 11.6 Å². The van der Waals surface area contributed by atoms with Gasteiger partial charge in [-0.2, -0.15) is 0 Å². The highest BCUT2D eigenvalue weighted by molar-refractivity contribution is 5.98. The van der Waals surface area contributed by atoms with Crippen molar-refractivity contribution in [2.75, 3.05) is 24.7 Å². The maximum Gasteiger partial charge on any atom is 0.258 e. The van der Waals surface area contributed by atoms with Gasteiger partial charge in [-0.05, 0) is 17.0 Å². The van der Waals surface area contributed by atoms with Gasteiger partial charge < -0.3 is 14.7 Å². The summed E-state index contributed by atoms with van der Waals surface area (Å²) in [6, 6.07) is 7.92. The minimum Gasteiger partial charge on any atom is -0.393 e. The molecule has 1 atom stereocenters. The summed E-state index contributed by atoms with van der Waals surface area (Å²) in [4.78, 5) is 14.0. The van der Waals surface area contributed by atoms with Crippen LogP contribution in [0.3, 0.4) is 0 Å². The molecule has 0 aliphatic carbocycles. The number of morpholine rings is 1. The predicted octanol–water partition coefficient (Wildman–Crippen LogP) is 1.71. The van der Waals surface area contributed by atoms with Crippen molar-refractivity contribution in [3.8, 4) is 0 Å². The van der Waals surface area contributed by atoms with E-state index in [0.717, 1.165) is 11.3 Å². The predicted molar refractivity (Wildman–Crippen MR) is 74.3 cm³/mol. The molecule has 1 aliphatic rings. The second-order valence-electron chi connectivity index (χ2n) is 5.80. The van der Waals surface area contributed by atoms with Gasteiger partial charge in [0, 0.05) is 12.2 Å². The number of amides is 1. The minimum absolute atomic E-state index is 0.0378. The van der Waals surface area contributed by atoms with Crippen LogP contribution in [-0.2, 0) is 14.9 Å². The zero-order chi connectivity index (χ0) is 14.0. The summed E-state index contributed by atoms with van der Waals surface area (Å²) in [6.07, 6.45) is -0.734. The van der Waals surface area contributed by atoms with Crippen molar-refractivity contribution < 1.29 is 14.6 Å². The largest absolute Gasteiger partial charge is 0.393 e. The van der Waals surface area contributed by atoms with Crippen molar-refractivity contribution in [3.05, 3.63) is 29.8 Å². The molecule has 0 aromatic heterocycles. The molecule has 1 amide bonds. The van der Waals surface area contributed by atoms with Gasteiger partial charge in [0.25, 0.3) is 5.91 Å². The fourth-order valence-electron chi connectivity index (χ4n) is 2.35. The maximum absolute atomic E-state index is 12.3. The van der Waals surface area contributed by atoms with E-state index in [1.54, 1.807) is 4.90 Å². The van der Waals surface area contributed by atoms with Gasteiger partial charge >= 0.3 is 0 Å². The highest BCUT2D eigenvalue weighted by Gasteiger charge is 2.32. The van der Waals surface area contributed by atoms with E-state index in [1.807, 2.05) is 24.3 Å². The second-order valence-corrected chi connectivity index (χ2v) is 5.80. The Morgan fingerprint density at radius 3 is 2.68 bits per heavy atom. The van der Waals surface area contributed by atoms with E-state index in [4.69, 9.17) is 4.74 Å². The molecule has 104 valence electrons. The number of carbonyl (C=O) groups is 1. The highest BCUT2D eigenvalue weighted by atomic mass is 16.5. The van der Waals surface area contributed by atoms with Crippen molar-refractivity contribution in [3.63, 3.8) is 0 Å². The molecule has 0 saturated carbocycles. The molecular weight excluding hydrogens is 242 g/mol. The number of hydrogen-bond acceptors (Lipinski definition) is 3. The topological polar surface area (TPSA) is 49.8 Å². The van der Waals surface area contributed by atoms with Crippen LogP contribution in [0.25, 0.3) is 0 Å². The maximum atomic E-state index is 12.3. The smallest absolute Gasteiger partial charge is 0.258 e. The van der Waals surface area contributed by atoms with E-state index >= 15 is 0 Å². The number of aliphatic hydroxyl groups is 1. The second kappa shape index (κ2) is 5.31. The number of rotatable bonds is 2. The number of nitrogens with zero attached hydrogens (tertiary/aromatic N) is 1. The lowest BCUT2D eigenvalue weighted by Crippen LogP contribution is -2.50. The summed E-state index contributed by atoms with van der Waals surface area (Å²) in [5.41, 5.74) is 2.01. The Kier molecular flexibility index (Phi) is 3.92. The third-order valence-electron chi connectivity index (χ3n) is 3.34. The van der Waals surface area contributed by atoms with Crippen LogP contribution in [0.5, 0.6) is 0 Å². The summed E-state index contributed by atoms with van der Waals surface area (Å²) >= 11 is 0. The van der Waals surface area contributed by atoms with Crippen molar-refractivity contribution in [1.29, 1.82) is 0 Å². The van der Waals surface area contributed by atoms with Crippen LogP contribution in [0.2, 0.25) is 0 Å². The van der Waals surface area contributed by atoms with Gasteiger partial charge in [-0.1, -0.05) is 39.0 Å². The molecule has 1 aliphatic heterocycles. The highest BCUT2D eigenvalue weighted by Crippen LogP contribution is 2.32. The normalized spacial score (nSPS) is 20.7. The minimum atomic E-state index is -0.734. The number of hydrogen-bond donors (Lipinski definition) is 1.